The summed E-state index contributed by atoms with van der Waals surface area (Å²) in [4.78, 5) is 29.1. The van der Waals surface area contributed by atoms with E-state index in [1.165, 1.54) is 45.2 Å². The fourth-order valence-electron chi connectivity index (χ4n) is 5.56. The van der Waals surface area contributed by atoms with Gasteiger partial charge in [0.25, 0.3) is 11.5 Å². The second kappa shape index (κ2) is 9.29. The summed E-state index contributed by atoms with van der Waals surface area (Å²) in [6, 6.07) is 17.9. The van der Waals surface area contributed by atoms with Gasteiger partial charge in [0.1, 0.15) is 0 Å². The minimum Gasteiger partial charge on any atom is -0.352 e. The zero-order valence-electron chi connectivity index (χ0n) is 18.5. The van der Waals surface area contributed by atoms with Gasteiger partial charge < -0.3 is 14.8 Å². The molecule has 2 fully saturated rings. The zero-order valence-corrected chi connectivity index (χ0v) is 18.5. The molecule has 2 aliphatic heterocycles. The Bertz CT molecular complexity index is 1150. The molecule has 1 aromatic heterocycles. The summed E-state index contributed by atoms with van der Waals surface area (Å²) in [6.45, 7) is 3.55. The number of aromatic nitrogens is 1. The van der Waals surface area contributed by atoms with Gasteiger partial charge in [-0.05, 0) is 56.3 Å². The van der Waals surface area contributed by atoms with Crippen LogP contribution in [0.15, 0.2) is 65.6 Å². The van der Waals surface area contributed by atoms with Crippen molar-refractivity contribution >= 4 is 16.7 Å². The van der Waals surface area contributed by atoms with Crippen LogP contribution in [0.4, 0.5) is 0 Å². The summed E-state index contributed by atoms with van der Waals surface area (Å²) in [5, 5.41) is 4.54. The van der Waals surface area contributed by atoms with Gasteiger partial charge in [0.15, 0.2) is 0 Å². The molecular weight excluding hydrogens is 398 g/mol. The number of nitrogens with zero attached hydrogens (tertiary/aromatic N) is 2. The van der Waals surface area contributed by atoms with Crippen molar-refractivity contribution in [2.75, 3.05) is 19.6 Å². The lowest BCUT2D eigenvalue weighted by Crippen LogP contribution is -2.51. The predicted molar refractivity (Wildman–Crippen MR) is 128 cm³/mol. The standard InChI is InChI=1S/C27H31N3O2/c31-26(28-17-21-11-8-16-29-15-7-6-14-25(21)29)24-19-30(18-20-9-2-1-3-10-20)27(32)23-13-5-4-12-22(23)24/h1-5,9-10,12-13,19,21,25H,6-8,11,14-18H2,(H,28,31). The number of carbonyl (C=O) groups is 1. The Kier molecular flexibility index (Phi) is 6.08. The highest BCUT2D eigenvalue weighted by molar-refractivity contribution is 6.06. The molecule has 2 unspecified atom stereocenters. The molecule has 5 rings (SSSR count). The maximum absolute atomic E-state index is 13.3. The van der Waals surface area contributed by atoms with E-state index in [9.17, 15) is 9.59 Å². The summed E-state index contributed by atoms with van der Waals surface area (Å²) in [5.74, 6) is 0.422. The number of piperidine rings is 2. The first-order valence-corrected chi connectivity index (χ1v) is 11.9. The van der Waals surface area contributed by atoms with Crippen LogP contribution < -0.4 is 10.9 Å². The molecule has 2 aromatic carbocycles. The van der Waals surface area contributed by atoms with E-state index in [0.717, 1.165) is 10.9 Å². The highest BCUT2D eigenvalue weighted by atomic mass is 16.2. The van der Waals surface area contributed by atoms with Crippen LogP contribution in [0, 0.1) is 5.92 Å². The molecule has 3 aromatic rings. The topological polar surface area (TPSA) is 54.3 Å². The van der Waals surface area contributed by atoms with Gasteiger partial charge in [-0.25, -0.2) is 0 Å². The van der Waals surface area contributed by atoms with Gasteiger partial charge in [-0.3, -0.25) is 9.59 Å². The number of amides is 1. The average Bonchev–Trinajstić information content (AvgIpc) is 2.85. The van der Waals surface area contributed by atoms with Gasteiger partial charge in [-0.1, -0.05) is 55.0 Å². The molecular formula is C27H31N3O2. The summed E-state index contributed by atoms with van der Waals surface area (Å²) >= 11 is 0. The lowest BCUT2D eigenvalue weighted by Gasteiger charge is -2.44. The molecule has 0 radical (unpaired) electrons. The van der Waals surface area contributed by atoms with Crippen LogP contribution in [0.2, 0.25) is 0 Å². The first-order chi connectivity index (χ1) is 15.7. The molecule has 166 valence electrons. The van der Waals surface area contributed by atoms with Crippen molar-refractivity contribution in [3.8, 4) is 0 Å². The number of nitrogens with one attached hydrogen (secondary N) is 1. The molecule has 2 aliphatic rings. The fraction of sp³-hybridized carbons (Fsp3) is 0.407. The average molecular weight is 430 g/mol. The summed E-state index contributed by atoms with van der Waals surface area (Å²) in [7, 11) is 0. The molecule has 3 heterocycles. The Balaban J connectivity index is 1.40. The van der Waals surface area contributed by atoms with Crippen LogP contribution in [0.5, 0.6) is 0 Å². The minimum absolute atomic E-state index is 0.0638. The van der Waals surface area contributed by atoms with Crippen LogP contribution in [0.3, 0.4) is 0 Å². The maximum Gasteiger partial charge on any atom is 0.258 e. The molecule has 0 spiro atoms. The minimum atomic E-state index is -0.0871. The van der Waals surface area contributed by atoms with E-state index in [4.69, 9.17) is 0 Å². The van der Waals surface area contributed by atoms with Crippen molar-refractivity contribution in [2.24, 2.45) is 5.92 Å². The number of hydrogen-bond donors (Lipinski definition) is 1. The van der Waals surface area contributed by atoms with E-state index < -0.39 is 0 Å². The van der Waals surface area contributed by atoms with E-state index >= 15 is 0 Å². The van der Waals surface area contributed by atoms with Gasteiger partial charge in [-0.15, -0.1) is 0 Å². The van der Waals surface area contributed by atoms with Crippen LogP contribution >= 0.6 is 0 Å². The predicted octanol–water partition coefficient (Wildman–Crippen LogP) is 4.04. The zero-order chi connectivity index (χ0) is 21.9. The smallest absolute Gasteiger partial charge is 0.258 e. The molecule has 0 aliphatic carbocycles. The number of carbonyl (C=O) groups excluding carboxylic acids is 1. The van der Waals surface area contributed by atoms with Crippen LogP contribution in [-0.4, -0.2) is 41.1 Å². The molecule has 1 amide bonds. The third kappa shape index (κ3) is 4.22. The van der Waals surface area contributed by atoms with Gasteiger partial charge in [-0.2, -0.15) is 0 Å². The van der Waals surface area contributed by atoms with Crippen molar-refractivity contribution in [1.29, 1.82) is 0 Å². The van der Waals surface area contributed by atoms with E-state index in [0.29, 0.717) is 36.0 Å². The maximum atomic E-state index is 13.3. The normalized spacial score (nSPS) is 21.2. The van der Waals surface area contributed by atoms with E-state index in [2.05, 4.69) is 10.2 Å². The van der Waals surface area contributed by atoms with Gasteiger partial charge >= 0.3 is 0 Å². The molecule has 5 heteroatoms. The van der Waals surface area contributed by atoms with E-state index in [1.54, 1.807) is 10.8 Å². The van der Waals surface area contributed by atoms with Crippen molar-refractivity contribution in [3.05, 3.63) is 82.3 Å². The monoisotopic (exact) mass is 429 g/mol. The van der Waals surface area contributed by atoms with E-state index in [-0.39, 0.29) is 11.5 Å². The Morgan fingerprint density at radius 1 is 0.906 bits per heavy atom. The Morgan fingerprint density at radius 3 is 2.50 bits per heavy atom. The van der Waals surface area contributed by atoms with Gasteiger partial charge in [0.05, 0.1) is 12.1 Å². The number of hydrogen-bond acceptors (Lipinski definition) is 3. The second-order valence-corrected chi connectivity index (χ2v) is 9.22. The highest BCUT2D eigenvalue weighted by Gasteiger charge is 2.33. The largest absolute Gasteiger partial charge is 0.352 e. The number of fused-ring (bicyclic) bond motifs is 2. The Morgan fingerprint density at radius 2 is 1.66 bits per heavy atom. The van der Waals surface area contributed by atoms with Crippen molar-refractivity contribution in [3.63, 3.8) is 0 Å². The molecule has 1 N–H and O–H groups in total. The third-order valence-corrected chi connectivity index (χ3v) is 7.19. The summed E-state index contributed by atoms with van der Waals surface area (Å²) in [5.41, 5.74) is 1.55. The number of pyridine rings is 1. The lowest BCUT2D eigenvalue weighted by atomic mass is 9.83. The van der Waals surface area contributed by atoms with E-state index in [1.807, 2.05) is 54.6 Å². The third-order valence-electron chi connectivity index (χ3n) is 7.19. The Hall–Kier alpha value is -2.92. The lowest BCUT2D eigenvalue weighted by molar-refractivity contribution is 0.0576. The molecule has 5 nitrogen and oxygen atoms in total. The molecule has 0 saturated carbocycles. The quantitative estimate of drug-likeness (QED) is 0.666. The van der Waals surface area contributed by atoms with Crippen molar-refractivity contribution in [1.82, 2.24) is 14.8 Å². The van der Waals surface area contributed by atoms with Gasteiger partial charge in [0.2, 0.25) is 0 Å². The fourth-order valence-corrected chi connectivity index (χ4v) is 5.56. The Labute approximate surface area is 189 Å². The number of benzene rings is 2. The molecule has 0 bridgehead atoms. The highest BCUT2D eigenvalue weighted by Crippen LogP contribution is 2.30. The molecule has 2 atom stereocenters. The van der Waals surface area contributed by atoms with Crippen molar-refractivity contribution in [2.45, 2.75) is 44.7 Å². The van der Waals surface area contributed by atoms with Gasteiger partial charge in [0, 0.05) is 29.6 Å². The number of rotatable bonds is 5. The summed E-state index contributed by atoms with van der Waals surface area (Å²) < 4.78 is 1.66. The second-order valence-electron chi connectivity index (χ2n) is 9.22. The van der Waals surface area contributed by atoms with Crippen molar-refractivity contribution < 1.29 is 4.79 Å². The molecule has 32 heavy (non-hydrogen) atoms. The SMILES string of the molecule is O=C(NCC1CCCN2CCCCC12)c1cn(Cc2ccccc2)c(=O)c2ccccc12. The summed E-state index contributed by atoms with van der Waals surface area (Å²) in [6.07, 6.45) is 7.95. The van der Waals surface area contributed by atoms with Crippen LogP contribution in [0.25, 0.3) is 10.8 Å². The first kappa shape index (κ1) is 21.0. The molecule has 2 saturated heterocycles. The van der Waals surface area contributed by atoms with Crippen LogP contribution in [-0.2, 0) is 6.54 Å². The first-order valence-electron chi connectivity index (χ1n) is 11.9. The van der Waals surface area contributed by atoms with Crippen LogP contribution in [0.1, 0.15) is 48.0 Å².